The van der Waals surface area contributed by atoms with Crippen LogP contribution in [0.2, 0.25) is 36.3 Å². The molecular weight excluding hydrogens is 652 g/mol. The van der Waals surface area contributed by atoms with Crippen LogP contribution in [-0.2, 0) is 36.0 Å². The number of hydrogen-bond donors (Lipinski definition) is 1. The minimum Gasteiger partial charge on any atom is -0.413 e. The average Bonchev–Trinajstić information content (AvgIpc) is 3.25. The molecule has 0 amide bonds. The van der Waals surface area contributed by atoms with Gasteiger partial charge >= 0.3 is 0 Å². The Balaban J connectivity index is 2.28. The van der Waals surface area contributed by atoms with E-state index < -0.39 is 24.0 Å². The zero-order valence-electron chi connectivity index (χ0n) is 32.7. The van der Waals surface area contributed by atoms with Crippen molar-refractivity contribution in [3.8, 4) is 0 Å². The first-order valence-corrected chi connectivity index (χ1v) is 26.4. The summed E-state index contributed by atoms with van der Waals surface area (Å²) in [5.74, 6) is 0.283. The fraction of sp³-hybridized carbons (Fsp3) is 0.769. The highest BCUT2D eigenvalue weighted by molar-refractivity contribution is 7.57. The van der Waals surface area contributed by atoms with Gasteiger partial charge in [0.15, 0.2) is 24.0 Å². The molecule has 5 atom stereocenters. The smallest absolute Gasteiger partial charge is 0.200 e. The third-order valence-corrected chi connectivity index (χ3v) is 22.3. The van der Waals surface area contributed by atoms with Crippen LogP contribution < -0.4 is 0 Å². The van der Waals surface area contributed by atoms with E-state index >= 15 is 0 Å². The second-order valence-electron chi connectivity index (χ2n) is 17.3. The molecule has 1 saturated carbocycles. The number of ether oxygens (including phenoxy) is 1. The third-order valence-electron chi connectivity index (χ3n) is 11.3. The predicted molar refractivity (Wildman–Crippen MR) is 208 cm³/mol. The number of rotatable bonds is 20. The molecule has 2 rings (SSSR count). The summed E-state index contributed by atoms with van der Waals surface area (Å²) < 4.78 is 31.4. The predicted octanol–water partition coefficient (Wildman–Crippen LogP) is 10.9. The number of methoxy groups -OCH3 is 1. The lowest BCUT2D eigenvalue weighted by Gasteiger charge is -2.40. The Hall–Kier alpha value is -0.866. The molecule has 1 aliphatic carbocycles. The van der Waals surface area contributed by atoms with Crippen molar-refractivity contribution in [1.29, 1.82) is 0 Å². The Labute approximate surface area is 296 Å². The van der Waals surface area contributed by atoms with E-state index in [0.717, 1.165) is 51.4 Å². The van der Waals surface area contributed by atoms with Crippen molar-refractivity contribution < 1.29 is 27.8 Å². The number of unbranched alkanes of at least 4 members (excludes halogenated alkanes) is 3. The molecule has 0 spiro atoms. The largest absolute Gasteiger partial charge is 0.413 e. The Kier molecular flexibility index (Phi) is 16.8. The van der Waals surface area contributed by atoms with Gasteiger partial charge < -0.3 is 18.5 Å². The van der Waals surface area contributed by atoms with Crippen molar-refractivity contribution >= 4 is 29.8 Å². The molecular formula is C39H71O6PSi2. The van der Waals surface area contributed by atoms with Gasteiger partial charge in [-0.05, 0) is 79.5 Å². The number of hydrogen-bond acceptors (Lipinski definition) is 5. The number of Topliss-reactive ketones (excluding diaryl/α,β-unsaturated/α-hetero) is 1. The van der Waals surface area contributed by atoms with Crippen molar-refractivity contribution in [3.63, 3.8) is 0 Å². The number of aryl methyl sites for hydroxylation is 1. The number of ketones is 1. The zero-order chi connectivity index (χ0) is 36.4. The van der Waals surface area contributed by atoms with E-state index in [9.17, 15) is 14.3 Å². The molecule has 0 saturated heterocycles. The molecule has 0 aromatic heterocycles. The average molecular weight is 723 g/mol. The van der Waals surface area contributed by atoms with Gasteiger partial charge in [0, 0.05) is 37.7 Å². The maximum atomic E-state index is 13.6. The topological polar surface area (TPSA) is 82.1 Å². The van der Waals surface area contributed by atoms with Gasteiger partial charge in [-0.25, -0.2) is 0 Å². The lowest BCUT2D eigenvalue weighted by Crippen LogP contribution is -2.45. The second kappa shape index (κ2) is 18.6. The van der Waals surface area contributed by atoms with Gasteiger partial charge in [-0.1, -0.05) is 104 Å². The molecule has 276 valence electrons. The van der Waals surface area contributed by atoms with E-state index in [2.05, 4.69) is 104 Å². The van der Waals surface area contributed by atoms with E-state index in [1.165, 1.54) is 11.1 Å². The van der Waals surface area contributed by atoms with Crippen LogP contribution in [0, 0.1) is 11.8 Å². The normalized spacial score (nSPS) is 21.6. The van der Waals surface area contributed by atoms with Crippen LogP contribution in [-0.4, -0.2) is 59.0 Å². The van der Waals surface area contributed by atoms with Gasteiger partial charge in [0.05, 0.1) is 18.8 Å². The van der Waals surface area contributed by atoms with Crippen LogP contribution in [0.5, 0.6) is 0 Å². The Morgan fingerprint density at radius 1 is 0.958 bits per heavy atom. The molecule has 0 radical (unpaired) electrons. The molecule has 1 aliphatic rings. The van der Waals surface area contributed by atoms with Crippen molar-refractivity contribution in [3.05, 3.63) is 47.5 Å². The molecule has 48 heavy (non-hydrogen) atoms. The summed E-state index contributed by atoms with van der Waals surface area (Å²) in [6, 6.07) is 8.67. The summed E-state index contributed by atoms with van der Waals surface area (Å²) in [6.45, 7) is 25.3. The fourth-order valence-corrected chi connectivity index (χ4v) is 9.72. The van der Waals surface area contributed by atoms with E-state index in [4.69, 9.17) is 13.6 Å². The van der Waals surface area contributed by atoms with Gasteiger partial charge in [0.25, 0.3) is 0 Å². The van der Waals surface area contributed by atoms with Gasteiger partial charge in [0.2, 0.25) is 0 Å². The molecule has 0 bridgehead atoms. The molecule has 1 aromatic carbocycles. The van der Waals surface area contributed by atoms with Gasteiger partial charge in [-0.2, -0.15) is 0 Å². The first-order valence-electron chi connectivity index (χ1n) is 18.6. The number of benzene rings is 1. The van der Waals surface area contributed by atoms with E-state index in [1.807, 2.05) is 0 Å². The Morgan fingerprint density at radius 2 is 1.58 bits per heavy atom. The minimum absolute atomic E-state index is 0.0225. The maximum absolute atomic E-state index is 13.6. The maximum Gasteiger partial charge on any atom is 0.200 e. The number of carbonyl (C=O) groups is 1. The third kappa shape index (κ3) is 13.7. The minimum atomic E-state index is -2.97. The molecule has 1 N–H and O–H groups in total. The van der Waals surface area contributed by atoms with Crippen molar-refractivity contribution in [1.82, 2.24) is 0 Å². The highest BCUT2D eigenvalue weighted by atomic mass is 31.2. The van der Waals surface area contributed by atoms with Crippen LogP contribution in [0.15, 0.2) is 36.4 Å². The SMILES string of the molecule is CCP(=O)(O)CCCCCC[C@H]1C(=O)C[C@@H](O[Si](C)(C)C(C)(C)C)[C@@H]1C=C[C@H](CCCc1cccc(COC)c1)O[Si](C)(C)C(C)(C)C. The highest BCUT2D eigenvalue weighted by Gasteiger charge is 2.47. The summed E-state index contributed by atoms with van der Waals surface area (Å²) >= 11 is 0. The highest BCUT2D eigenvalue weighted by Crippen LogP contribution is 2.44. The van der Waals surface area contributed by atoms with Crippen molar-refractivity contribution in [2.24, 2.45) is 11.8 Å². The summed E-state index contributed by atoms with van der Waals surface area (Å²) in [4.78, 5) is 23.6. The fourth-order valence-electron chi connectivity index (χ4n) is 6.03. The van der Waals surface area contributed by atoms with Crippen LogP contribution in [0.3, 0.4) is 0 Å². The Bertz CT molecular complexity index is 1220. The van der Waals surface area contributed by atoms with E-state index in [1.54, 1.807) is 14.0 Å². The molecule has 1 unspecified atom stereocenters. The van der Waals surface area contributed by atoms with E-state index in [0.29, 0.717) is 31.1 Å². The Morgan fingerprint density at radius 3 is 2.19 bits per heavy atom. The summed E-state index contributed by atoms with van der Waals surface area (Å²) in [7, 11) is -5.39. The van der Waals surface area contributed by atoms with Crippen LogP contribution in [0.25, 0.3) is 0 Å². The molecule has 1 aromatic rings. The van der Waals surface area contributed by atoms with Crippen LogP contribution in [0.4, 0.5) is 0 Å². The van der Waals surface area contributed by atoms with Gasteiger partial charge in [-0.3, -0.25) is 9.36 Å². The standard InChI is InChI=1S/C39H71O6PSi2/c1-13-46(41,42)27-17-15-14-16-24-34-35(37(29-36(34)40)45-48(11,12)39(5,6)7)26-25-33(44-47(9,10)38(2,3)4)23-19-21-31-20-18-22-32(28-31)30-43-8/h18,20,22,25-26,28,33-35,37H,13-17,19,21,23-24,27,29-30H2,1-12H3,(H,41,42)/t33-,34+,35+,37+/m0/s1. The zero-order valence-corrected chi connectivity index (χ0v) is 35.6. The lowest BCUT2D eigenvalue weighted by molar-refractivity contribution is -0.121. The lowest BCUT2D eigenvalue weighted by atomic mass is 9.88. The van der Waals surface area contributed by atoms with Gasteiger partial charge in [0.1, 0.15) is 5.78 Å². The summed E-state index contributed by atoms with van der Waals surface area (Å²) in [6.07, 6.45) is 13.0. The molecule has 0 aliphatic heterocycles. The van der Waals surface area contributed by atoms with Crippen LogP contribution >= 0.6 is 7.37 Å². The summed E-state index contributed by atoms with van der Waals surface area (Å²) in [5.41, 5.74) is 2.52. The monoisotopic (exact) mass is 722 g/mol. The molecule has 1 fully saturated rings. The van der Waals surface area contributed by atoms with Gasteiger partial charge in [-0.15, -0.1) is 0 Å². The molecule has 0 heterocycles. The van der Waals surface area contributed by atoms with E-state index in [-0.39, 0.29) is 34.1 Å². The first-order chi connectivity index (χ1) is 22.1. The first kappa shape index (κ1) is 43.3. The van der Waals surface area contributed by atoms with Crippen molar-refractivity contribution in [2.75, 3.05) is 19.4 Å². The second-order valence-corrected chi connectivity index (χ2v) is 29.6. The number of carbonyl (C=O) groups excluding carboxylic acids is 1. The molecule has 6 nitrogen and oxygen atoms in total. The summed E-state index contributed by atoms with van der Waals surface area (Å²) in [5, 5.41) is 0.149. The quantitative estimate of drug-likeness (QED) is 0.0624. The molecule has 9 heteroatoms. The van der Waals surface area contributed by atoms with Crippen LogP contribution in [0.1, 0.15) is 111 Å². The van der Waals surface area contributed by atoms with Crippen molar-refractivity contribution in [2.45, 2.75) is 161 Å².